The van der Waals surface area contributed by atoms with Crippen LogP contribution in [0.25, 0.3) is 0 Å². The standard InChI is InChI=1S/4ClH.H3N.H2O/h4*1H;1H3;1H2. The molecule has 6 heteroatoms. The van der Waals surface area contributed by atoms with E-state index in [2.05, 4.69) is 0 Å². The Morgan fingerprint density at radius 2 is 0.500 bits per heavy atom. The highest BCUT2D eigenvalue weighted by Gasteiger charge is -0.144. The topological polar surface area (TPSA) is 66.5 Å². The molecule has 0 radical (unpaired) electrons. The van der Waals surface area contributed by atoms with Gasteiger partial charge in [0, 0.05) is 0 Å². The summed E-state index contributed by atoms with van der Waals surface area (Å²) >= 11 is 0. The van der Waals surface area contributed by atoms with E-state index in [1.165, 1.54) is 0 Å². The average molecular weight is 181 g/mol. The third kappa shape index (κ3) is 72.5. The van der Waals surface area contributed by atoms with E-state index in [0.717, 1.165) is 0 Å². The molecule has 0 aromatic heterocycles. The fourth-order valence-electron chi connectivity index (χ4n) is 0. The van der Waals surface area contributed by atoms with Crippen LogP contribution in [0.15, 0.2) is 0 Å². The van der Waals surface area contributed by atoms with Crippen molar-refractivity contribution >= 4 is 49.6 Å². The van der Waals surface area contributed by atoms with Gasteiger partial charge in [0.25, 0.3) is 0 Å². The summed E-state index contributed by atoms with van der Waals surface area (Å²) in [5.74, 6) is 0. The van der Waals surface area contributed by atoms with Gasteiger partial charge in [0.15, 0.2) is 0 Å². The predicted molar refractivity (Wildman–Crippen MR) is 37.6 cm³/mol. The van der Waals surface area contributed by atoms with Crippen molar-refractivity contribution in [2.45, 2.75) is 0 Å². The van der Waals surface area contributed by atoms with Crippen molar-refractivity contribution in [2.75, 3.05) is 0 Å². The summed E-state index contributed by atoms with van der Waals surface area (Å²) in [6.07, 6.45) is 0. The third-order valence-corrected chi connectivity index (χ3v) is 0. The van der Waals surface area contributed by atoms with Gasteiger partial charge in [0.05, 0.1) is 0 Å². The number of hydrogen-bond donors (Lipinski definition) is 1. The van der Waals surface area contributed by atoms with Crippen molar-refractivity contribution in [3.8, 4) is 0 Å². The van der Waals surface area contributed by atoms with Crippen LogP contribution in [0.2, 0.25) is 0 Å². The molecule has 0 aliphatic heterocycles. The van der Waals surface area contributed by atoms with Crippen molar-refractivity contribution in [3.63, 3.8) is 0 Å². The van der Waals surface area contributed by atoms with Crippen molar-refractivity contribution < 1.29 is 5.48 Å². The first kappa shape index (κ1) is 224. The molecule has 0 heterocycles. The van der Waals surface area contributed by atoms with Crippen molar-refractivity contribution in [2.24, 2.45) is 0 Å². The average Bonchev–Trinajstić information content (AvgIpc) is 0. The Morgan fingerprint density at radius 3 is 0.500 bits per heavy atom. The van der Waals surface area contributed by atoms with Crippen LogP contribution in [0.5, 0.6) is 0 Å². The molecule has 0 aromatic carbocycles. The van der Waals surface area contributed by atoms with Crippen LogP contribution in [-0.4, -0.2) is 5.48 Å². The smallest absolute Gasteiger partial charge is 0.147 e. The summed E-state index contributed by atoms with van der Waals surface area (Å²) in [6.45, 7) is 0. The highest BCUT2D eigenvalue weighted by molar-refractivity contribution is 5.86. The first-order valence-corrected chi connectivity index (χ1v) is 0. The van der Waals surface area contributed by atoms with Crippen LogP contribution in [0.4, 0.5) is 0 Å². The monoisotopic (exact) mass is 179 g/mol. The predicted octanol–water partition coefficient (Wildman–Crippen LogP) is 1.02. The second-order valence-electron chi connectivity index (χ2n) is 0. The SMILES string of the molecule is Cl.Cl.Cl.Cl.N.O. The normalized spacial score (nSPS) is 0. The molecule has 0 rings (SSSR count). The first-order chi connectivity index (χ1) is 0. The number of hydrogen-bond acceptors (Lipinski definition) is 1. The summed E-state index contributed by atoms with van der Waals surface area (Å²) in [7, 11) is 0. The molecular weight excluding hydrogens is 172 g/mol. The lowest BCUT2D eigenvalue weighted by atomic mass is 14.0. The Morgan fingerprint density at radius 1 is 0.500 bits per heavy atom. The highest BCUT2D eigenvalue weighted by atomic mass is 35.5. The molecule has 0 aliphatic rings. The van der Waals surface area contributed by atoms with Gasteiger partial charge in [-0.15, -0.1) is 49.6 Å². The Kier molecular flexibility index (Phi) is 5030. The third-order valence-electron chi connectivity index (χ3n) is 0. The molecule has 6 heavy (non-hydrogen) atoms. The number of halogens is 4. The van der Waals surface area contributed by atoms with Crippen LogP contribution in [0, 0.1) is 0 Å². The van der Waals surface area contributed by atoms with E-state index >= 15 is 0 Å². The maximum absolute atomic E-state index is 0. The molecule has 0 amide bonds. The first-order valence-electron chi connectivity index (χ1n) is 0. The van der Waals surface area contributed by atoms with Crippen LogP contribution in [0.3, 0.4) is 0 Å². The molecule has 0 aliphatic carbocycles. The molecule has 0 aromatic rings. The van der Waals surface area contributed by atoms with Crippen molar-refractivity contribution in [1.29, 1.82) is 0 Å². The fourth-order valence-corrected chi connectivity index (χ4v) is 0. The molecule has 0 atom stereocenters. The van der Waals surface area contributed by atoms with Crippen molar-refractivity contribution in [1.82, 2.24) is 6.15 Å². The lowest BCUT2D eigenvalue weighted by molar-refractivity contribution is 0.824. The van der Waals surface area contributed by atoms with E-state index in [4.69, 9.17) is 0 Å². The van der Waals surface area contributed by atoms with Gasteiger partial charge < -0.3 is 11.6 Å². The minimum Gasteiger partial charge on any atom is -0.412 e. The second-order valence-corrected chi connectivity index (χ2v) is 0. The van der Waals surface area contributed by atoms with Crippen LogP contribution in [-0.2, 0) is 0 Å². The van der Waals surface area contributed by atoms with Crippen LogP contribution in [0.1, 0.15) is 0 Å². The van der Waals surface area contributed by atoms with Gasteiger partial charge in [0.1, 0.15) is 0 Å². The minimum atomic E-state index is 0. The summed E-state index contributed by atoms with van der Waals surface area (Å²) < 4.78 is 0. The molecule has 48 valence electrons. The molecule has 0 saturated heterocycles. The summed E-state index contributed by atoms with van der Waals surface area (Å²) in [5.41, 5.74) is 0. The molecule has 0 spiro atoms. The fraction of sp³-hybridized carbons (Fsp3) is 0. The zero-order valence-electron chi connectivity index (χ0n) is 2.84. The lowest BCUT2D eigenvalue weighted by Gasteiger charge is -0.412. The molecular formula is H9Cl4NO. The Bertz CT molecular complexity index is 7.51. The quantitative estimate of drug-likeness (QED) is 0.595. The van der Waals surface area contributed by atoms with Gasteiger partial charge in [-0.2, -0.15) is 0 Å². The molecule has 0 fully saturated rings. The maximum Gasteiger partial charge on any atom is -0.147 e. The van der Waals surface area contributed by atoms with Gasteiger partial charge >= 0.3 is 0 Å². The molecule has 0 bridgehead atoms. The van der Waals surface area contributed by atoms with E-state index in [9.17, 15) is 0 Å². The van der Waals surface area contributed by atoms with Gasteiger partial charge in [-0.05, 0) is 0 Å². The summed E-state index contributed by atoms with van der Waals surface area (Å²) in [5, 5.41) is 0. The maximum atomic E-state index is 0. The van der Waals surface area contributed by atoms with Gasteiger partial charge in [-0.25, -0.2) is 0 Å². The Labute approximate surface area is 61.6 Å². The molecule has 5 N–H and O–H groups in total. The highest BCUT2D eigenvalue weighted by Crippen LogP contribution is 0.693. The van der Waals surface area contributed by atoms with E-state index in [0.29, 0.717) is 0 Å². The van der Waals surface area contributed by atoms with Crippen LogP contribution >= 0.6 is 49.6 Å². The zero-order valence-corrected chi connectivity index (χ0v) is 6.11. The van der Waals surface area contributed by atoms with E-state index < -0.39 is 0 Å². The largest absolute Gasteiger partial charge is 0.412 e. The van der Waals surface area contributed by atoms with E-state index in [1.54, 1.807) is 0 Å². The minimum absolute atomic E-state index is 0. The summed E-state index contributed by atoms with van der Waals surface area (Å²) in [4.78, 5) is 0. The van der Waals surface area contributed by atoms with Crippen LogP contribution < -0.4 is 6.15 Å². The second kappa shape index (κ2) is 135. The Hall–Kier alpha value is 1.08. The van der Waals surface area contributed by atoms with Gasteiger partial charge in [-0.1, -0.05) is 0 Å². The molecule has 2 nitrogen and oxygen atoms in total. The van der Waals surface area contributed by atoms with Gasteiger partial charge in [0.2, 0.25) is 0 Å². The van der Waals surface area contributed by atoms with Crippen molar-refractivity contribution in [3.05, 3.63) is 0 Å². The van der Waals surface area contributed by atoms with Gasteiger partial charge in [-0.3, -0.25) is 0 Å². The van der Waals surface area contributed by atoms with E-state index in [1.807, 2.05) is 0 Å². The number of rotatable bonds is 0. The lowest BCUT2D eigenvalue weighted by Crippen LogP contribution is -0.481. The summed E-state index contributed by atoms with van der Waals surface area (Å²) in [6, 6.07) is 0. The molecule has 0 unspecified atom stereocenters. The Balaban J connectivity index is 0. The zero-order chi connectivity index (χ0) is 0. The van der Waals surface area contributed by atoms with E-state index in [-0.39, 0.29) is 61.3 Å². The molecule has 0 saturated carbocycles.